The topological polar surface area (TPSA) is 66.8 Å². The first kappa shape index (κ1) is 14.7. The Hall–Kier alpha value is -1.75. The highest BCUT2D eigenvalue weighted by Gasteiger charge is 2.24. The third kappa shape index (κ3) is 4.13. The van der Waals surface area contributed by atoms with E-state index in [2.05, 4.69) is 21.8 Å². The van der Waals surface area contributed by atoms with Gasteiger partial charge in [-0.2, -0.15) is 0 Å². The number of nitrogens with two attached hydrogens (primary N) is 1. The minimum absolute atomic E-state index is 0.175. The van der Waals surface area contributed by atoms with Crippen molar-refractivity contribution in [1.82, 2.24) is 10.2 Å². The Bertz CT molecular complexity index is 421. The van der Waals surface area contributed by atoms with Gasteiger partial charge in [0.25, 0.3) is 0 Å². The van der Waals surface area contributed by atoms with Crippen LogP contribution in [0.2, 0.25) is 0 Å². The fourth-order valence-corrected chi connectivity index (χ4v) is 2.51. The fourth-order valence-electron chi connectivity index (χ4n) is 2.51. The Balaban J connectivity index is 2.01. The Labute approximate surface area is 120 Å². The first-order valence-electron chi connectivity index (χ1n) is 7.23. The van der Waals surface area contributed by atoms with Gasteiger partial charge in [-0.05, 0) is 38.1 Å². The molecule has 1 fully saturated rings. The molecule has 5 heteroatoms. The second kappa shape index (κ2) is 7.75. The first-order chi connectivity index (χ1) is 9.81. The van der Waals surface area contributed by atoms with Crippen LogP contribution < -0.4 is 11.1 Å². The monoisotopic (exact) mass is 276 g/mol. The third-order valence-corrected chi connectivity index (χ3v) is 3.57. The van der Waals surface area contributed by atoms with Crippen LogP contribution in [0.15, 0.2) is 40.5 Å². The van der Waals surface area contributed by atoms with Gasteiger partial charge in [-0.25, -0.2) is 0 Å². The summed E-state index contributed by atoms with van der Waals surface area (Å²) in [5.41, 5.74) is 5.83. The van der Waals surface area contributed by atoms with Crippen LogP contribution in [0.4, 0.5) is 0 Å². The van der Waals surface area contributed by atoms with E-state index in [1.54, 1.807) is 12.3 Å². The molecule has 3 N–H and O–H groups in total. The van der Waals surface area contributed by atoms with Crippen LogP contribution >= 0.6 is 0 Å². The molecule has 2 heterocycles. The molecule has 0 amide bonds. The molecular formula is C15H24N4O. The van der Waals surface area contributed by atoms with Gasteiger partial charge in [0.15, 0.2) is 5.96 Å². The third-order valence-electron chi connectivity index (χ3n) is 3.57. The molecule has 0 saturated carbocycles. The van der Waals surface area contributed by atoms with Gasteiger partial charge in [0.1, 0.15) is 5.76 Å². The zero-order valence-electron chi connectivity index (χ0n) is 11.9. The molecule has 110 valence electrons. The molecule has 0 bridgehead atoms. The number of guanidine groups is 1. The van der Waals surface area contributed by atoms with Crippen molar-refractivity contribution in [3.05, 3.63) is 36.8 Å². The number of furan rings is 1. The summed E-state index contributed by atoms with van der Waals surface area (Å²) in [6.07, 6.45) is 7.27. The van der Waals surface area contributed by atoms with E-state index in [0.717, 1.165) is 18.8 Å². The number of nitrogens with one attached hydrogen (secondary N) is 1. The van der Waals surface area contributed by atoms with E-state index in [9.17, 15) is 0 Å². The van der Waals surface area contributed by atoms with Crippen LogP contribution in [0, 0.1) is 0 Å². The van der Waals surface area contributed by atoms with Gasteiger partial charge in [0.2, 0.25) is 0 Å². The molecule has 0 aliphatic carbocycles. The van der Waals surface area contributed by atoms with E-state index in [1.165, 1.54) is 19.3 Å². The molecule has 1 saturated heterocycles. The van der Waals surface area contributed by atoms with Gasteiger partial charge < -0.3 is 15.5 Å². The molecule has 0 aromatic carbocycles. The lowest BCUT2D eigenvalue weighted by Crippen LogP contribution is -2.37. The van der Waals surface area contributed by atoms with Crippen molar-refractivity contribution >= 4 is 5.96 Å². The molecule has 1 aromatic rings. The molecule has 0 spiro atoms. The van der Waals surface area contributed by atoms with Crippen molar-refractivity contribution in [1.29, 1.82) is 0 Å². The standard InChI is InChI=1S/C15H24N4O/c1-2-8-17-15(16)18-12-13(14-7-6-11-20-14)19-9-4-3-5-10-19/h2,6-7,11,13H,1,3-5,8-10,12H2,(H3,16,17,18)/t13-/m1/s1. The predicted octanol–water partition coefficient (Wildman–Crippen LogP) is 1.90. The minimum atomic E-state index is 0.175. The number of likely N-dealkylation sites (tertiary alicyclic amines) is 1. The largest absolute Gasteiger partial charge is 0.468 e. The maximum absolute atomic E-state index is 5.83. The number of hydrogen-bond acceptors (Lipinski definition) is 3. The molecule has 1 atom stereocenters. The van der Waals surface area contributed by atoms with Gasteiger partial charge in [-0.3, -0.25) is 9.89 Å². The smallest absolute Gasteiger partial charge is 0.188 e. The second-order valence-electron chi connectivity index (χ2n) is 5.02. The maximum Gasteiger partial charge on any atom is 0.188 e. The van der Waals surface area contributed by atoms with Crippen LogP contribution in [0.1, 0.15) is 31.1 Å². The van der Waals surface area contributed by atoms with E-state index < -0.39 is 0 Å². The van der Waals surface area contributed by atoms with Crippen LogP contribution in [0.3, 0.4) is 0 Å². The number of hydrogen-bond donors (Lipinski definition) is 2. The molecule has 1 aromatic heterocycles. The number of nitrogens with zero attached hydrogens (tertiary/aromatic N) is 2. The minimum Gasteiger partial charge on any atom is -0.468 e. The van der Waals surface area contributed by atoms with Crippen molar-refractivity contribution in [2.45, 2.75) is 25.3 Å². The molecule has 20 heavy (non-hydrogen) atoms. The van der Waals surface area contributed by atoms with Gasteiger partial charge >= 0.3 is 0 Å². The zero-order chi connectivity index (χ0) is 14.2. The van der Waals surface area contributed by atoms with Crippen LogP contribution in [-0.4, -0.2) is 37.0 Å². The summed E-state index contributed by atoms with van der Waals surface area (Å²) in [5, 5.41) is 3.00. The lowest BCUT2D eigenvalue weighted by atomic mass is 10.1. The van der Waals surface area contributed by atoms with Crippen molar-refractivity contribution in [3.8, 4) is 0 Å². The highest BCUT2D eigenvalue weighted by atomic mass is 16.3. The number of piperidine rings is 1. The molecule has 0 radical (unpaired) electrons. The second-order valence-corrected chi connectivity index (χ2v) is 5.02. The number of aliphatic imine (C=N–C) groups is 1. The first-order valence-corrected chi connectivity index (χ1v) is 7.23. The Morgan fingerprint density at radius 1 is 1.50 bits per heavy atom. The van der Waals surface area contributed by atoms with Crippen molar-refractivity contribution < 1.29 is 4.42 Å². The van der Waals surface area contributed by atoms with E-state index in [1.807, 2.05) is 12.1 Å². The molecule has 0 unspecified atom stereocenters. The fraction of sp³-hybridized carbons (Fsp3) is 0.533. The zero-order valence-corrected chi connectivity index (χ0v) is 11.9. The number of rotatable bonds is 6. The van der Waals surface area contributed by atoms with Crippen molar-refractivity contribution in [2.75, 3.05) is 26.2 Å². The summed E-state index contributed by atoms with van der Waals surface area (Å²) >= 11 is 0. The van der Waals surface area contributed by atoms with Crippen LogP contribution in [0.5, 0.6) is 0 Å². The quantitative estimate of drug-likeness (QED) is 0.473. The Morgan fingerprint density at radius 3 is 2.95 bits per heavy atom. The summed E-state index contributed by atoms with van der Waals surface area (Å²) in [6.45, 7) is 7.09. The maximum atomic E-state index is 5.83. The summed E-state index contributed by atoms with van der Waals surface area (Å²) in [4.78, 5) is 6.86. The molecular weight excluding hydrogens is 252 g/mol. The Morgan fingerprint density at radius 2 is 2.30 bits per heavy atom. The van der Waals surface area contributed by atoms with Crippen molar-refractivity contribution in [2.24, 2.45) is 10.7 Å². The van der Waals surface area contributed by atoms with E-state index >= 15 is 0 Å². The summed E-state index contributed by atoms with van der Waals surface area (Å²) < 4.78 is 5.57. The lowest BCUT2D eigenvalue weighted by molar-refractivity contribution is 0.150. The van der Waals surface area contributed by atoms with E-state index in [4.69, 9.17) is 10.2 Å². The van der Waals surface area contributed by atoms with E-state index in [0.29, 0.717) is 19.0 Å². The Kier molecular flexibility index (Phi) is 5.68. The average Bonchev–Trinajstić information content (AvgIpc) is 3.00. The van der Waals surface area contributed by atoms with Gasteiger partial charge in [0.05, 0.1) is 18.8 Å². The summed E-state index contributed by atoms with van der Waals surface area (Å²) in [6, 6.07) is 4.12. The van der Waals surface area contributed by atoms with Crippen LogP contribution in [-0.2, 0) is 0 Å². The normalized spacial score (nSPS) is 18.7. The van der Waals surface area contributed by atoms with Crippen molar-refractivity contribution in [3.63, 3.8) is 0 Å². The predicted molar refractivity (Wildman–Crippen MR) is 81.6 cm³/mol. The average molecular weight is 276 g/mol. The van der Waals surface area contributed by atoms with Gasteiger partial charge in [-0.15, -0.1) is 6.58 Å². The van der Waals surface area contributed by atoms with Crippen LogP contribution in [0.25, 0.3) is 0 Å². The summed E-state index contributed by atoms with van der Waals surface area (Å²) in [7, 11) is 0. The summed E-state index contributed by atoms with van der Waals surface area (Å²) in [5.74, 6) is 1.42. The lowest BCUT2D eigenvalue weighted by Gasteiger charge is -2.32. The SMILES string of the molecule is C=CCNC(N)=NC[C@H](c1ccco1)N1CCCCC1. The van der Waals surface area contributed by atoms with Gasteiger partial charge in [0, 0.05) is 6.54 Å². The molecule has 1 aliphatic rings. The van der Waals surface area contributed by atoms with E-state index in [-0.39, 0.29) is 6.04 Å². The molecule has 2 rings (SSSR count). The molecule has 5 nitrogen and oxygen atoms in total. The highest BCUT2D eigenvalue weighted by Crippen LogP contribution is 2.25. The molecule has 1 aliphatic heterocycles. The van der Waals surface area contributed by atoms with Gasteiger partial charge in [-0.1, -0.05) is 12.5 Å². The highest BCUT2D eigenvalue weighted by molar-refractivity contribution is 5.77.